The molecule has 1 fully saturated rings. The van der Waals surface area contributed by atoms with Crippen molar-refractivity contribution in [2.24, 2.45) is 11.3 Å². The highest BCUT2D eigenvalue weighted by Gasteiger charge is 2.60. The van der Waals surface area contributed by atoms with Crippen molar-refractivity contribution in [3.8, 4) is 0 Å². The van der Waals surface area contributed by atoms with Crippen LogP contribution in [-0.4, -0.2) is 16.9 Å². The molecule has 1 aliphatic carbocycles. The molecule has 0 bridgehead atoms. The van der Waals surface area contributed by atoms with Crippen LogP contribution < -0.4 is 0 Å². The van der Waals surface area contributed by atoms with Gasteiger partial charge >= 0.3 is 5.97 Å². The van der Waals surface area contributed by atoms with Crippen molar-refractivity contribution >= 4 is 34.3 Å². The minimum Gasteiger partial charge on any atom is -0.481 e. The van der Waals surface area contributed by atoms with E-state index in [-0.39, 0.29) is 5.78 Å². The van der Waals surface area contributed by atoms with E-state index in [2.05, 4.69) is 0 Å². The SMILES string of the molecule is C[C@]1(C(=O)O)C[C@@H]1C(=O)c1cc(Cl)c2occc2c1. The second-order valence-electron chi connectivity index (χ2n) is 5.14. The fraction of sp³-hybridized carbons (Fsp3) is 0.286. The van der Waals surface area contributed by atoms with Crippen LogP contribution in [0.1, 0.15) is 23.7 Å². The highest BCUT2D eigenvalue weighted by molar-refractivity contribution is 6.35. The van der Waals surface area contributed by atoms with Crippen LogP contribution in [0.3, 0.4) is 0 Å². The Balaban J connectivity index is 1.97. The zero-order chi connectivity index (χ0) is 13.8. The number of carboxylic acid groups (broad SMARTS) is 1. The molecule has 1 heterocycles. The molecule has 0 unspecified atom stereocenters. The Kier molecular flexibility index (Phi) is 2.47. The lowest BCUT2D eigenvalue weighted by Gasteiger charge is -2.05. The zero-order valence-corrected chi connectivity index (χ0v) is 10.9. The number of ketones is 1. The number of Topliss-reactive ketones (excluding diaryl/α,β-unsaturated/α-hetero) is 1. The maximum atomic E-state index is 12.3. The standard InChI is InChI=1S/C14H11ClO4/c1-14(13(17)18)6-9(14)11(16)8-4-7-2-3-19-12(7)10(15)5-8/h2-5,9H,6H2,1H3,(H,17,18)/t9-,14+/m1/s1. The number of carboxylic acids is 1. The Morgan fingerprint density at radius 1 is 1.47 bits per heavy atom. The van der Waals surface area contributed by atoms with Crippen LogP contribution in [0.25, 0.3) is 11.0 Å². The van der Waals surface area contributed by atoms with Gasteiger partial charge in [0, 0.05) is 16.9 Å². The van der Waals surface area contributed by atoms with Gasteiger partial charge in [0.25, 0.3) is 0 Å². The molecule has 1 aromatic carbocycles. The van der Waals surface area contributed by atoms with E-state index in [4.69, 9.17) is 21.1 Å². The van der Waals surface area contributed by atoms with E-state index >= 15 is 0 Å². The van der Waals surface area contributed by atoms with Crippen molar-refractivity contribution in [3.05, 3.63) is 35.0 Å². The zero-order valence-electron chi connectivity index (χ0n) is 10.1. The molecule has 1 saturated carbocycles. The van der Waals surface area contributed by atoms with Crippen molar-refractivity contribution in [2.45, 2.75) is 13.3 Å². The molecule has 2 atom stereocenters. The summed E-state index contributed by atoms with van der Waals surface area (Å²) in [6.07, 6.45) is 1.88. The summed E-state index contributed by atoms with van der Waals surface area (Å²) in [4.78, 5) is 23.4. The second kappa shape index (κ2) is 3.84. The first-order valence-corrected chi connectivity index (χ1v) is 6.25. The fourth-order valence-electron chi connectivity index (χ4n) is 2.37. The van der Waals surface area contributed by atoms with E-state index in [0.717, 1.165) is 5.39 Å². The molecule has 2 aromatic rings. The summed E-state index contributed by atoms with van der Waals surface area (Å²) in [5.41, 5.74) is 0.0402. The van der Waals surface area contributed by atoms with Crippen molar-refractivity contribution in [1.29, 1.82) is 0 Å². The smallest absolute Gasteiger partial charge is 0.310 e. The monoisotopic (exact) mass is 278 g/mol. The molecule has 4 nitrogen and oxygen atoms in total. The van der Waals surface area contributed by atoms with E-state index in [9.17, 15) is 9.59 Å². The van der Waals surface area contributed by atoms with Gasteiger partial charge in [0.05, 0.1) is 16.7 Å². The number of hydrogen-bond donors (Lipinski definition) is 1. The number of hydrogen-bond acceptors (Lipinski definition) is 3. The van der Waals surface area contributed by atoms with E-state index in [1.807, 2.05) is 0 Å². The predicted molar refractivity (Wildman–Crippen MR) is 69.4 cm³/mol. The Morgan fingerprint density at radius 3 is 2.84 bits per heavy atom. The number of fused-ring (bicyclic) bond motifs is 1. The summed E-state index contributed by atoms with van der Waals surface area (Å²) in [5.74, 6) is -1.57. The lowest BCUT2D eigenvalue weighted by atomic mass is 9.99. The van der Waals surface area contributed by atoms with Crippen molar-refractivity contribution < 1.29 is 19.1 Å². The molecular weight excluding hydrogens is 268 g/mol. The third kappa shape index (κ3) is 1.75. The van der Waals surface area contributed by atoms with Gasteiger partial charge in [-0.1, -0.05) is 11.6 Å². The average Bonchev–Trinajstić information content (AvgIpc) is 2.85. The van der Waals surface area contributed by atoms with Gasteiger partial charge < -0.3 is 9.52 Å². The van der Waals surface area contributed by atoms with E-state index in [1.165, 1.54) is 12.3 Å². The molecule has 0 amide bonds. The van der Waals surface area contributed by atoms with E-state index in [0.29, 0.717) is 22.6 Å². The minimum atomic E-state index is -0.936. The Hall–Kier alpha value is -1.81. The van der Waals surface area contributed by atoms with E-state index < -0.39 is 17.3 Å². The molecule has 1 aliphatic rings. The first-order valence-electron chi connectivity index (χ1n) is 5.88. The average molecular weight is 279 g/mol. The van der Waals surface area contributed by atoms with Gasteiger partial charge in [-0.3, -0.25) is 9.59 Å². The summed E-state index contributed by atoms with van der Waals surface area (Å²) in [5, 5.41) is 10.2. The first kappa shape index (κ1) is 12.2. The lowest BCUT2D eigenvalue weighted by Crippen LogP contribution is -2.17. The second-order valence-corrected chi connectivity index (χ2v) is 5.55. The van der Waals surface area contributed by atoms with Gasteiger partial charge in [-0.05, 0) is 31.5 Å². The quantitative estimate of drug-likeness (QED) is 0.874. The van der Waals surface area contributed by atoms with Crippen LogP contribution >= 0.6 is 11.6 Å². The molecule has 19 heavy (non-hydrogen) atoms. The highest BCUT2D eigenvalue weighted by atomic mass is 35.5. The predicted octanol–water partition coefficient (Wildman–Crippen LogP) is 3.38. The van der Waals surface area contributed by atoms with Gasteiger partial charge in [-0.2, -0.15) is 0 Å². The normalized spacial score (nSPS) is 25.5. The summed E-state index contributed by atoms with van der Waals surface area (Å²) in [6.45, 7) is 1.59. The molecule has 0 radical (unpaired) electrons. The largest absolute Gasteiger partial charge is 0.481 e. The molecular formula is C14H11ClO4. The summed E-state index contributed by atoms with van der Waals surface area (Å²) < 4.78 is 5.20. The third-order valence-corrected chi connectivity index (χ3v) is 4.11. The highest BCUT2D eigenvalue weighted by Crippen LogP contribution is 2.54. The van der Waals surface area contributed by atoms with Crippen LogP contribution in [0, 0.1) is 11.3 Å². The van der Waals surface area contributed by atoms with E-state index in [1.54, 1.807) is 19.1 Å². The molecule has 98 valence electrons. The Bertz CT molecular complexity index is 703. The fourth-order valence-corrected chi connectivity index (χ4v) is 2.64. The summed E-state index contributed by atoms with van der Waals surface area (Å²) in [7, 11) is 0. The molecule has 1 N–H and O–H groups in total. The van der Waals surface area contributed by atoms with Crippen LogP contribution in [-0.2, 0) is 4.79 Å². The van der Waals surface area contributed by atoms with Crippen LogP contribution in [0.2, 0.25) is 5.02 Å². The van der Waals surface area contributed by atoms with Gasteiger partial charge in [-0.25, -0.2) is 0 Å². The lowest BCUT2D eigenvalue weighted by molar-refractivity contribution is -0.143. The molecule has 0 aliphatic heterocycles. The first-order chi connectivity index (χ1) is 8.93. The van der Waals surface area contributed by atoms with Crippen molar-refractivity contribution in [1.82, 2.24) is 0 Å². The Morgan fingerprint density at radius 2 is 2.21 bits per heavy atom. The number of furan rings is 1. The number of aliphatic carboxylic acids is 1. The Labute approximate surface area is 114 Å². The number of carbonyl (C=O) groups excluding carboxylic acids is 1. The number of rotatable bonds is 3. The topological polar surface area (TPSA) is 67.5 Å². The summed E-state index contributed by atoms with van der Waals surface area (Å²) in [6, 6.07) is 4.95. The number of carbonyl (C=O) groups is 2. The molecule has 1 aromatic heterocycles. The molecule has 3 rings (SSSR count). The molecule has 0 saturated heterocycles. The third-order valence-electron chi connectivity index (χ3n) is 3.83. The molecule has 5 heteroatoms. The summed E-state index contributed by atoms with van der Waals surface area (Å²) >= 11 is 6.04. The van der Waals surface area contributed by atoms with Crippen LogP contribution in [0.15, 0.2) is 28.9 Å². The van der Waals surface area contributed by atoms with Crippen LogP contribution in [0.5, 0.6) is 0 Å². The van der Waals surface area contributed by atoms with Crippen molar-refractivity contribution in [2.75, 3.05) is 0 Å². The molecule has 0 spiro atoms. The van der Waals surface area contributed by atoms with Gasteiger partial charge in [0.1, 0.15) is 0 Å². The maximum Gasteiger partial charge on any atom is 0.310 e. The van der Waals surface area contributed by atoms with Gasteiger partial charge in [0.15, 0.2) is 11.4 Å². The van der Waals surface area contributed by atoms with Gasteiger partial charge in [-0.15, -0.1) is 0 Å². The van der Waals surface area contributed by atoms with Crippen molar-refractivity contribution in [3.63, 3.8) is 0 Å². The van der Waals surface area contributed by atoms with Gasteiger partial charge in [0.2, 0.25) is 0 Å². The maximum absolute atomic E-state index is 12.3. The van der Waals surface area contributed by atoms with Crippen LogP contribution in [0.4, 0.5) is 0 Å². The number of halogens is 1. The minimum absolute atomic E-state index is 0.171. The number of benzene rings is 1.